The first-order valence-corrected chi connectivity index (χ1v) is 9.59. The van der Waals surface area contributed by atoms with Gasteiger partial charge in [-0.3, -0.25) is 0 Å². The van der Waals surface area contributed by atoms with Crippen molar-refractivity contribution in [2.75, 3.05) is 17.8 Å². The number of aryl methyl sites for hydroxylation is 1. The third-order valence-electron chi connectivity index (χ3n) is 2.75. The third kappa shape index (κ3) is 4.78. The van der Waals surface area contributed by atoms with E-state index in [1.165, 1.54) is 6.92 Å². The van der Waals surface area contributed by atoms with Crippen LogP contribution in [-0.2, 0) is 19.7 Å². The van der Waals surface area contributed by atoms with Gasteiger partial charge in [0.15, 0.2) is 9.84 Å². The molecule has 0 bridgehead atoms. The molecule has 1 aromatic carbocycles. The Kier molecular flexibility index (Phi) is 5.11. The molecule has 9 heteroatoms. The van der Waals surface area contributed by atoms with Gasteiger partial charge < -0.3 is 5.11 Å². The van der Waals surface area contributed by atoms with Gasteiger partial charge in [0.25, 0.3) is 0 Å². The molecule has 21 heavy (non-hydrogen) atoms. The fourth-order valence-electron chi connectivity index (χ4n) is 1.70. The largest absolute Gasteiger partial charge is 0.478 e. The predicted octanol–water partition coefficient (Wildman–Crippen LogP) is 1.04. The number of aromatic carboxylic acids is 1. The van der Waals surface area contributed by atoms with Crippen LogP contribution in [0.4, 0.5) is 4.39 Å². The van der Waals surface area contributed by atoms with Gasteiger partial charge in [-0.1, -0.05) is 0 Å². The van der Waals surface area contributed by atoms with Crippen LogP contribution in [0.3, 0.4) is 0 Å². The standard InChI is InChI=1S/C12H15FO6S2/c1-8-6-9(7-10(11(8)13)12(14)15)21(18,19)5-3-4-20(2,16)17/h6-7H,3-5H2,1-2H3,(H,14,15). The van der Waals surface area contributed by atoms with Gasteiger partial charge in [0.2, 0.25) is 0 Å². The Morgan fingerprint density at radius 2 is 1.76 bits per heavy atom. The van der Waals surface area contributed by atoms with Gasteiger partial charge in [-0.05, 0) is 31.0 Å². The van der Waals surface area contributed by atoms with E-state index >= 15 is 0 Å². The van der Waals surface area contributed by atoms with Crippen molar-refractivity contribution in [1.82, 2.24) is 0 Å². The molecular weight excluding hydrogens is 323 g/mol. The second-order valence-electron chi connectivity index (χ2n) is 4.71. The van der Waals surface area contributed by atoms with Crippen LogP contribution in [0.15, 0.2) is 17.0 Å². The van der Waals surface area contributed by atoms with Crippen molar-refractivity contribution in [2.45, 2.75) is 18.2 Å². The fourth-order valence-corrected chi connectivity index (χ4v) is 3.97. The molecule has 0 heterocycles. The molecule has 0 atom stereocenters. The number of carboxylic acids is 1. The molecular formula is C12H15FO6S2. The molecule has 6 nitrogen and oxygen atoms in total. The minimum atomic E-state index is -3.87. The molecule has 0 aliphatic carbocycles. The molecule has 0 unspecified atom stereocenters. The highest BCUT2D eigenvalue weighted by Gasteiger charge is 2.21. The lowest BCUT2D eigenvalue weighted by Crippen LogP contribution is -2.14. The number of carboxylic acid groups (broad SMARTS) is 1. The quantitative estimate of drug-likeness (QED) is 0.777. The maximum absolute atomic E-state index is 13.6. The van der Waals surface area contributed by atoms with Crippen LogP contribution < -0.4 is 0 Å². The summed E-state index contributed by atoms with van der Waals surface area (Å²) in [6.45, 7) is 1.26. The summed E-state index contributed by atoms with van der Waals surface area (Å²) in [6, 6.07) is 1.79. The van der Waals surface area contributed by atoms with E-state index in [0.717, 1.165) is 18.4 Å². The van der Waals surface area contributed by atoms with Crippen LogP contribution >= 0.6 is 0 Å². The van der Waals surface area contributed by atoms with E-state index in [9.17, 15) is 26.0 Å². The second-order valence-corrected chi connectivity index (χ2v) is 9.08. The van der Waals surface area contributed by atoms with Crippen molar-refractivity contribution in [1.29, 1.82) is 0 Å². The van der Waals surface area contributed by atoms with Gasteiger partial charge in [-0.15, -0.1) is 0 Å². The van der Waals surface area contributed by atoms with Crippen molar-refractivity contribution < 1.29 is 31.1 Å². The van der Waals surface area contributed by atoms with Crippen LogP contribution in [-0.4, -0.2) is 45.7 Å². The Bertz CT molecular complexity index is 765. The van der Waals surface area contributed by atoms with Crippen LogP contribution in [0.2, 0.25) is 0 Å². The average molecular weight is 338 g/mol. The normalized spacial score (nSPS) is 12.3. The topological polar surface area (TPSA) is 106 Å². The van der Waals surface area contributed by atoms with Crippen molar-refractivity contribution in [2.24, 2.45) is 0 Å². The highest BCUT2D eigenvalue weighted by molar-refractivity contribution is 7.92. The zero-order valence-corrected chi connectivity index (χ0v) is 13.1. The molecule has 118 valence electrons. The number of hydrogen-bond acceptors (Lipinski definition) is 5. The first-order valence-electron chi connectivity index (χ1n) is 5.88. The van der Waals surface area contributed by atoms with Gasteiger partial charge in [0.1, 0.15) is 15.7 Å². The van der Waals surface area contributed by atoms with Crippen LogP contribution in [0.1, 0.15) is 22.3 Å². The molecule has 0 spiro atoms. The first-order chi connectivity index (χ1) is 9.44. The van der Waals surface area contributed by atoms with Crippen molar-refractivity contribution >= 4 is 25.6 Å². The summed E-state index contributed by atoms with van der Waals surface area (Å²) in [4.78, 5) is 10.6. The molecule has 0 aliphatic rings. The van der Waals surface area contributed by atoms with Gasteiger partial charge in [0, 0.05) is 6.26 Å². The van der Waals surface area contributed by atoms with Crippen LogP contribution in [0, 0.1) is 12.7 Å². The van der Waals surface area contributed by atoms with Gasteiger partial charge in [0.05, 0.1) is 22.0 Å². The molecule has 1 N–H and O–H groups in total. The molecule has 0 fully saturated rings. The van der Waals surface area contributed by atoms with E-state index in [1.54, 1.807) is 0 Å². The summed E-state index contributed by atoms with van der Waals surface area (Å²) >= 11 is 0. The monoisotopic (exact) mass is 338 g/mol. The summed E-state index contributed by atoms with van der Waals surface area (Å²) in [5, 5.41) is 8.85. The summed E-state index contributed by atoms with van der Waals surface area (Å²) in [6.07, 6.45) is 0.879. The van der Waals surface area contributed by atoms with Gasteiger partial charge in [-0.2, -0.15) is 0 Å². The predicted molar refractivity (Wildman–Crippen MR) is 74.5 cm³/mol. The Morgan fingerprint density at radius 3 is 2.24 bits per heavy atom. The SMILES string of the molecule is Cc1cc(S(=O)(=O)CCCS(C)(=O)=O)cc(C(=O)O)c1F. The molecule has 0 amide bonds. The number of carbonyl (C=O) groups is 1. The lowest BCUT2D eigenvalue weighted by atomic mass is 10.1. The zero-order chi connectivity index (χ0) is 16.4. The average Bonchev–Trinajstić information content (AvgIpc) is 2.29. The van der Waals surface area contributed by atoms with Crippen molar-refractivity contribution in [3.8, 4) is 0 Å². The Hall–Kier alpha value is -1.48. The Labute approximate surface area is 122 Å². The fraction of sp³-hybridized carbons (Fsp3) is 0.417. The van der Waals surface area contributed by atoms with E-state index < -0.39 is 42.8 Å². The molecule has 0 aromatic heterocycles. The van der Waals surface area contributed by atoms with E-state index in [1.807, 2.05) is 0 Å². The molecule has 0 saturated heterocycles. The Morgan fingerprint density at radius 1 is 1.19 bits per heavy atom. The van der Waals surface area contributed by atoms with Gasteiger partial charge >= 0.3 is 5.97 Å². The molecule has 0 aliphatic heterocycles. The Balaban J connectivity index is 3.12. The summed E-state index contributed by atoms with van der Waals surface area (Å²) in [5.41, 5.74) is -0.826. The smallest absolute Gasteiger partial charge is 0.338 e. The molecule has 1 aromatic rings. The molecule has 0 saturated carbocycles. The van der Waals surface area contributed by atoms with Gasteiger partial charge in [-0.25, -0.2) is 26.0 Å². The number of rotatable bonds is 6. The zero-order valence-electron chi connectivity index (χ0n) is 11.5. The lowest BCUT2D eigenvalue weighted by Gasteiger charge is -2.08. The first kappa shape index (κ1) is 17.6. The number of hydrogen-bond donors (Lipinski definition) is 1. The highest BCUT2D eigenvalue weighted by atomic mass is 32.2. The minimum absolute atomic E-state index is 0.100. The highest BCUT2D eigenvalue weighted by Crippen LogP contribution is 2.21. The van der Waals surface area contributed by atoms with Crippen molar-refractivity contribution in [3.05, 3.63) is 29.1 Å². The minimum Gasteiger partial charge on any atom is -0.478 e. The van der Waals surface area contributed by atoms with Crippen LogP contribution in [0.25, 0.3) is 0 Å². The van der Waals surface area contributed by atoms with E-state index in [-0.39, 0.29) is 22.6 Å². The summed E-state index contributed by atoms with van der Waals surface area (Å²) < 4.78 is 59.6. The number of benzene rings is 1. The lowest BCUT2D eigenvalue weighted by molar-refractivity contribution is 0.0691. The van der Waals surface area contributed by atoms with Crippen molar-refractivity contribution in [3.63, 3.8) is 0 Å². The van der Waals surface area contributed by atoms with E-state index in [4.69, 9.17) is 5.11 Å². The summed E-state index contributed by atoms with van der Waals surface area (Å²) in [7, 11) is -7.16. The molecule has 0 radical (unpaired) electrons. The van der Waals surface area contributed by atoms with E-state index in [2.05, 4.69) is 0 Å². The molecule has 1 rings (SSSR count). The second kappa shape index (κ2) is 6.10. The number of halogens is 1. The maximum Gasteiger partial charge on any atom is 0.338 e. The third-order valence-corrected chi connectivity index (χ3v) is 5.56. The maximum atomic E-state index is 13.6. The number of sulfone groups is 2. The van der Waals surface area contributed by atoms with E-state index in [0.29, 0.717) is 0 Å². The van der Waals surface area contributed by atoms with Crippen LogP contribution in [0.5, 0.6) is 0 Å². The summed E-state index contributed by atoms with van der Waals surface area (Å²) in [5.74, 6) is -3.30.